The minimum absolute atomic E-state index is 0.0646. The Bertz CT molecular complexity index is 973. The molecular weight excluding hydrogens is 364 g/mol. The number of nitrogens with one attached hydrogen (secondary N) is 1. The molecule has 0 aliphatic heterocycles. The second kappa shape index (κ2) is 7.43. The largest absolute Gasteiger partial charge is 0.495 e. The van der Waals surface area contributed by atoms with Crippen LogP contribution in [0.3, 0.4) is 0 Å². The van der Waals surface area contributed by atoms with Crippen LogP contribution in [0.2, 0.25) is 0 Å². The van der Waals surface area contributed by atoms with Crippen molar-refractivity contribution in [3.63, 3.8) is 0 Å². The van der Waals surface area contributed by atoms with Crippen molar-refractivity contribution in [3.8, 4) is 5.75 Å². The second-order valence-corrected chi connectivity index (χ2v) is 5.25. The van der Waals surface area contributed by atoms with Gasteiger partial charge in [0.1, 0.15) is 5.75 Å². The Morgan fingerprint density at radius 3 is 2.11 bits per heavy atom. The number of hydrogen-bond acceptors (Lipinski definition) is 8. The van der Waals surface area contributed by atoms with Crippen molar-refractivity contribution < 1.29 is 24.3 Å². The summed E-state index contributed by atoms with van der Waals surface area (Å²) in [7, 11) is 1.28. The van der Waals surface area contributed by atoms with E-state index in [2.05, 4.69) is 5.32 Å². The van der Waals surface area contributed by atoms with Crippen LogP contribution in [0.5, 0.6) is 5.75 Å². The maximum absolute atomic E-state index is 12.6. The van der Waals surface area contributed by atoms with E-state index in [4.69, 9.17) is 4.74 Å². The van der Waals surface area contributed by atoms with Crippen molar-refractivity contribution in [2.75, 3.05) is 12.4 Å². The number of anilines is 1. The van der Waals surface area contributed by atoms with Crippen molar-refractivity contribution in [1.82, 2.24) is 0 Å². The average molecular weight is 376 g/mol. The molecule has 0 aliphatic rings. The van der Waals surface area contributed by atoms with Gasteiger partial charge in [-0.25, -0.2) is 0 Å². The van der Waals surface area contributed by atoms with Crippen molar-refractivity contribution >= 4 is 28.7 Å². The summed E-state index contributed by atoms with van der Waals surface area (Å²) in [4.78, 5) is 43.2. The first-order valence-electron chi connectivity index (χ1n) is 7.23. The van der Waals surface area contributed by atoms with Gasteiger partial charge < -0.3 is 10.1 Å². The Kier molecular flexibility index (Phi) is 5.29. The number of methoxy groups -OCH3 is 1. The average Bonchev–Trinajstić information content (AvgIpc) is 2.61. The van der Waals surface area contributed by atoms with E-state index in [9.17, 15) is 35.1 Å². The zero-order valence-electron chi connectivity index (χ0n) is 14.0. The molecule has 12 heteroatoms. The third-order valence-corrected chi connectivity index (χ3v) is 3.66. The number of hydrogen-bond donors (Lipinski definition) is 1. The summed E-state index contributed by atoms with van der Waals surface area (Å²) in [5, 5.41) is 35.3. The summed E-state index contributed by atoms with van der Waals surface area (Å²) in [6.45, 7) is 1.27. The first-order chi connectivity index (χ1) is 12.6. The number of non-ortho nitro benzene ring substituents is 2. The molecule has 1 N–H and O–H groups in total. The van der Waals surface area contributed by atoms with Gasteiger partial charge in [-0.05, 0) is 13.0 Å². The fraction of sp³-hybridized carbons (Fsp3) is 0.133. The van der Waals surface area contributed by atoms with Crippen molar-refractivity contribution in [2.24, 2.45) is 0 Å². The van der Waals surface area contributed by atoms with Gasteiger partial charge in [0.15, 0.2) is 0 Å². The van der Waals surface area contributed by atoms with Gasteiger partial charge in [-0.2, -0.15) is 0 Å². The molecule has 0 aromatic heterocycles. The van der Waals surface area contributed by atoms with Crippen molar-refractivity contribution in [2.45, 2.75) is 6.92 Å². The van der Waals surface area contributed by atoms with Gasteiger partial charge >= 0.3 is 0 Å². The summed E-state index contributed by atoms with van der Waals surface area (Å²) < 4.78 is 5.02. The number of benzene rings is 2. The smallest absolute Gasteiger partial charge is 0.279 e. The van der Waals surface area contributed by atoms with E-state index in [1.54, 1.807) is 0 Å². The van der Waals surface area contributed by atoms with Crippen molar-refractivity contribution in [3.05, 3.63) is 71.8 Å². The van der Waals surface area contributed by atoms with E-state index in [0.29, 0.717) is 0 Å². The van der Waals surface area contributed by atoms with Crippen LogP contribution in [0.4, 0.5) is 22.7 Å². The molecular formula is C15H12N4O8. The molecule has 0 spiro atoms. The molecule has 0 atom stereocenters. The van der Waals surface area contributed by atoms with Gasteiger partial charge in [0, 0.05) is 23.8 Å². The van der Waals surface area contributed by atoms with Crippen LogP contribution < -0.4 is 10.1 Å². The molecule has 140 valence electrons. The van der Waals surface area contributed by atoms with Gasteiger partial charge in [0.2, 0.25) is 0 Å². The van der Waals surface area contributed by atoms with Gasteiger partial charge in [-0.3, -0.25) is 35.1 Å². The number of amides is 1. The molecule has 0 aliphatic carbocycles. The van der Waals surface area contributed by atoms with E-state index in [1.807, 2.05) is 0 Å². The lowest BCUT2D eigenvalue weighted by Gasteiger charge is -2.11. The number of carbonyl (C=O) groups excluding carboxylic acids is 1. The van der Waals surface area contributed by atoms with Gasteiger partial charge in [-0.15, -0.1) is 0 Å². The van der Waals surface area contributed by atoms with E-state index in [1.165, 1.54) is 20.1 Å². The van der Waals surface area contributed by atoms with Gasteiger partial charge in [0.25, 0.3) is 23.0 Å². The first kappa shape index (κ1) is 19.2. The molecule has 2 rings (SSSR count). The normalized spacial score (nSPS) is 10.1. The summed E-state index contributed by atoms with van der Waals surface area (Å²) in [6.07, 6.45) is 0. The predicted octanol–water partition coefficient (Wildman–Crippen LogP) is 2.98. The third kappa shape index (κ3) is 3.95. The molecule has 0 radical (unpaired) electrons. The quantitative estimate of drug-likeness (QED) is 0.592. The highest BCUT2D eigenvalue weighted by atomic mass is 16.6. The van der Waals surface area contributed by atoms with Crippen LogP contribution in [-0.2, 0) is 0 Å². The number of rotatable bonds is 6. The maximum Gasteiger partial charge on any atom is 0.279 e. The van der Waals surface area contributed by atoms with Crippen LogP contribution >= 0.6 is 0 Å². The summed E-state index contributed by atoms with van der Waals surface area (Å²) >= 11 is 0. The number of carbonyl (C=O) groups is 1. The molecule has 1 amide bonds. The second-order valence-electron chi connectivity index (χ2n) is 5.25. The van der Waals surface area contributed by atoms with Crippen molar-refractivity contribution in [1.29, 1.82) is 0 Å². The Morgan fingerprint density at radius 1 is 0.963 bits per heavy atom. The SMILES string of the molecule is COc1ccc([N+](=O)[O-])cc1NC(=O)c1cc([N+](=O)[O-])cc([N+](=O)[O-])c1C. The summed E-state index contributed by atoms with van der Waals surface area (Å²) in [5.74, 6) is -0.815. The molecule has 0 unspecified atom stereocenters. The Morgan fingerprint density at radius 2 is 1.59 bits per heavy atom. The number of nitro benzene ring substituents is 3. The monoisotopic (exact) mass is 376 g/mol. The number of nitrogens with zero attached hydrogens (tertiary/aromatic N) is 3. The Hall–Kier alpha value is -4.09. The maximum atomic E-state index is 12.6. The standard InChI is InChI=1S/C15H12N4O8/c1-8-11(5-10(18(23)24)7-13(8)19(25)26)15(20)16-12-6-9(17(21)22)3-4-14(12)27-2/h3-7H,1-2H3,(H,16,20). The predicted molar refractivity (Wildman–Crippen MR) is 92.1 cm³/mol. The van der Waals surface area contributed by atoms with Crippen LogP contribution in [0, 0.1) is 37.3 Å². The number of ether oxygens (including phenoxy) is 1. The zero-order valence-corrected chi connectivity index (χ0v) is 14.0. The fourth-order valence-electron chi connectivity index (χ4n) is 2.31. The summed E-state index contributed by atoms with van der Waals surface area (Å²) in [5.41, 5.74) is -2.03. The number of nitro groups is 3. The van der Waals surface area contributed by atoms with Crippen LogP contribution in [0.1, 0.15) is 15.9 Å². The van der Waals surface area contributed by atoms with E-state index < -0.39 is 32.1 Å². The van der Waals surface area contributed by atoms with Crippen LogP contribution in [-0.4, -0.2) is 27.8 Å². The highest BCUT2D eigenvalue weighted by Crippen LogP contribution is 2.32. The fourth-order valence-corrected chi connectivity index (χ4v) is 2.31. The van der Waals surface area contributed by atoms with E-state index in [-0.39, 0.29) is 28.3 Å². The Labute approximate surface area is 150 Å². The molecule has 0 bridgehead atoms. The minimum Gasteiger partial charge on any atom is -0.495 e. The molecule has 0 fully saturated rings. The lowest BCUT2D eigenvalue weighted by molar-refractivity contribution is -0.394. The third-order valence-electron chi connectivity index (χ3n) is 3.66. The highest BCUT2D eigenvalue weighted by molar-refractivity contribution is 6.07. The minimum atomic E-state index is -0.918. The molecule has 27 heavy (non-hydrogen) atoms. The molecule has 2 aromatic carbocycles. The highest BCUT2D eigenvalue weighted by Gasteiger charge is 2.25. The molecule has 0 heterocycles. The molecule has 12 nitrogen and oxygen atoms in total. The topological polar surface area (TPSA) is 168 Å². The first-order valence-corrected chi connectivity index (χ1v) is 7.23. The molecule has 2 aromatic rings. The lowest BCUT2D eigenvalue weighted by Crippen LogP contribution is -2.15. The van der Waals surface area contributed by atoms with E-state index >= 15 is 0 Å². The van der Waals surface area contributed by atoms with Gasteiger partial charge in [0.05, 0.1) is 39.2 Å². The van der Waals surface area contributed by atoms with Crippen LogP contribution in [0.15, 0.2) is 30.3 Å². The Balaban J connectivity index is 2.53. The van der Waals surface area contributed by atoms with E-state index in [0.717, 1.165) is 24.3 Å². The zero-order chi connectivity index (χ0) is 20.3. The lowest BCUT2D eigenvalue weighted by atomic mass is 10.0. The molecule has 0 saturated heterocycles. The summed E-state index contributed by atoms with van der Waals surface area (Å²) in [6, 6.07) is 5.10. The molecule has 0 saturated carbocycles. The van der Waals surface area contributed by atoms with Gasteiger partial charge in [-0.1, -0.05) is 0 Å². The van der Waals surface area contributed by atoms with Crippen LogP contribution in [0.25, 0.3) is 0 Å².